The lowest BCUT2D eigenvalue weighted by atomic mass is 10.1. The van der Waals surface area contributed by atoms with Gasteiger partial charge in [0.15, 0.2) is 9.84 Å². The molecule has 5 heteroatoms. The lowest BCUT2D eigenvalue weighted by molar-refractivity contribution is 0.0939. The van der Waals surface area contributed by atoms with E-state index in [4.69, 9.17) is 0 Å². The van der Waals surface area contributed by atoms with Gasteiger partial charge in [-0.3, -0.25) is 4.79 Å². The highest BCUT2D eigenvalue weighted by Gasteiger charge is 2.14. The fourth-order valence-corrected chi connectivity index (χ4v) is 2.75. The molecule has 1 N–H and O–H groups in total. The van der Waals surface area contributed by atoms with Gasteiger partial charge >= 0.3 is 0 Å². The summed E-state index contributed by atoms with van der Waals surface area (Å²) in [5.74, 6) is -0.293. The van der Waals surface area contributed by atoms with Crippen molar-refractivity contribution in [2.75, 3.05) is 6.26 Å². The maximum atomic E-state index is 12.3. The van der Waals surface area contributed by atoms with Crippen molar-refractivity contribution in [3.05, 3.63) is 65.2 Å². The number of hydrogen-bond donors (Lipinski definition) is 1. The zero-order valence-corrected chi connectivity index (χ0v) is 13.6. The molecule has 1 atom stereocenters. The van der Waals surface area contributed by atoms with Crippen molar-refractivity contribution in [1.29, 1.82) is 0 Å². The fraction of sp³-hybridized carbons (Fsp3) is 0.235. The van der Waals surface area contributed by atoms with E-state index in [2.05, 4.69) is 5.32 Å². The zero-order valence-electron chi connectivity index (χ0n) is 12.8. The zero-order chi connectivity index (χ0) is 16.3. The first-order chi connectivity index (χ1) is 10.3. The van der Waals surface area contributed by atoms with Crippen LogP contribution in [0.1, 0.15) is 34.5 Å². The number of benzene rings is 2. The highest BCUT2D eigenvalue weighted by Crippen LogP contribution is 2.15. The van der Waals surface area contributed by atoms with Gasteiger partial charge in [0.1, 0.15) is 0 Å². The maximum absolute atomic E-state index is 12.3. The summed E-state index contributed by atoms with van der Waals surface area (Å²) in [6.45, 7) is 3.90. The Balaban J connectivity index is 2.17. The normalized spacial score (nSPS) is 12.7. The minimum absolute atomic E-state index is 0.142. The molecule has 0 saturated carbocycles. The van der Waals surface area contributed by atoms with Crippen LogP contribution in [-0.4, -0.2) is 20.6 Å². The molecule has 4 nitrogen and oxygen atoms in total. The number of sulfone groups is 1. The third kappa shape index (κ3) is 3.95. The van der Waals surface area contributed by atoms with Gasteiger partial charge in [0.2, 0.25) is 0 Å². The minimum Gasteiger partial charge on any atom is -0.346 e. The molecule has 2 aromatic carbocycles. The van der Waals surface area contributed by atoms with Crippen molar-refractivity contribution in [3.63, 3.8) is 0 Å². The van der Waals surface area contributed by atoms with Gasteiger partial charge in [0.25, 0.3) is 5.91 Å². The largest absolute Gasteiger partial charge is 0.346 e. The molecular formula is C17H19NO3S. The van der Waals surface area contributed by atoms with Crippen LogP contribution in [-0.2, 0) is 9.84 Å². The predicted molar refractivity (Wildman–Crippen MR) is 86.6 cm³/mol. The van der Waals surface area contributed by atoms with Crippen molar-refractivity contribution in [2.24, 2.45) is 0 Å². The Kier molecular flexibility index (Phi) is 4.66. The summed E-state index contributed by atoms with van der Waals surface area (Å²) < 4.78 is 23.1. The predicted octanol–water partition coefficient (Wildman–Crippen LogP) is 2.89. The SMILES string of the molecule is Cc1ccc(C(C)NC(=O)c2cccc(S(C)(=O)=O)c2)cc1. The average Bonchev–Trinajstić information content (AvgIpc) is 2.47. The van der Waals surface area contributed by atoms with Gasteiger partial charge in [0, 0.05) is 11.8 Å². The van der Waals surface area contributed by atoms with Crippen LogP contribution in [0.15, 0.2) is 53.4 Å². The molecular weight excluding hydrogens is 298 g/mol. The number of carbonyl (C=O) groups is 1. The smallest absolute Gasteiger partial charge is 0.251 e. The molecule has 1 unspecified atom stereocenters. The van der Waals surface area contributed by atoms with E-state index in [1.165, 1.54) is 12.1 Å². The van der Waals surface area contributed by atoms with Crippen molar-refractivity contribution in [3.8, 4) is 0 Å². The van der Waals surface area contributed by atoms with Crippen LogP contribution in [0.2, 0.25) is 0 Å². The Labute approximate surface area is 131 Å². The second-order valence-electron chi connectivity index (χ2n) is 5.41. The quantitative estimate of drug-likeness (QED) is 0.943. The van der Waals surface area contributed by atoms with Gasteiger partial charge in [-0.15, -0.1) is 0 Å². The van der Waals surface area contributed by atoms with Crippen LogP contribution in [0.5, 0.6) is 0 Å². The molecule has 0 fully saturated rings. The highest BCUT2D eigenvalue weighted by molar-refractivity contribution is 7.90. The summed E-state index contributed by atoms with van der Waals surface area (Å²) in [6.07, 6.45) is 1.12. The number of rotatable bonds is 4. The number of hydrogen-bond acceptors (Lipinski definition) is 3. The van der Waals surface area contributed by atoms with Crippen molar-refractivity contribution >= 4 is 15.7 Å². The first-order valence-corrected chi connectivity index (χ1v) is 8.84. The summed E-state index contributed by atoms with van der Waals surface area (Å²) in [6, 6.07) is 13.8. The summed E-state index contributed by atoms with van der Waals surface area (Å²) >= 11 is 0. The molecule has 1 amide bonds. The number of amides is 1. The van der Waals surface area contributed by atoms with Gasteiger partial charge in [0.05, 0.1) is 10.9 Å². The third-order valence-corrected chi connectivity index (χ3v) is 4.56. The highest BCUT2D eigenvalue weighted by atomic mass is 32.2. The summed E-state index contributed by atoms with van der Waals surface area (Å²) in [7, 11) is -3.32. The van der Waals surface area contributed by atoms with Crippen LogP contribution < -0.4 is 5.32 Å². The number of nitrogens with one attached hydrogen (secondary N) is 1. The molecule has 0 saturated heterocycles. The molecule has 0 spiro atoms. The van der Waals surface area contributed by atoms with Crippen LogP contribution in [0.4, 0.5) is 0 Å². The molecule has 116 valence electrons. The van der Waals surface area contributed by atoms with Crippen molar-refractivity contribution in [2.45, 2.75) is 24.8 Å². The molecule has 0 aliphatic heterocycles. The van der Waals surface area contributed by atoms with E-state index in [9.17, 15) is 13.2 Å². The van der Waals surface area contributed by atoms with E-state index in [0.29, 0.717) is 5.56 Å². The van der Waals surface area contributed by atoms with Crippen LogP contribution in [0, 0.1) is 6.92 Å². The molecule has 2 rings (SSSR count). The van der Waals surface area contributed by atoms with Gasteiger partial charge in [-0.1, -0.05) is 35.9 Å². The molecule has 0 aliphatic carbocycles. The van der Waals surface area contributed by atoms with Gasteiger partial charge in [-0.2, -0.15) is 0 Å². The van der Waals surface area contributed by atoms with E-state index in [1.54, 1.807) is 12.1 Å². The topological polar surface area (TPSA) is 63.2 Å². The monoisotopic (exact) mass is 317 g/mol. The van der Waals surface area contributed by atoms with Crippen LogP contribution in [0.3, 0.4) is 0 Å². The Morgan fingerprint density at radius 3 is 2.32 bits per heavy atom. The van der Waals surface area contributed by atoms with E-state index in [-0.39, 0.29) is 16.8 Å². The standard InChI is InChI=1S/C17H19NO3S/c1-12-7-9-14(10-8-12)13(2)18-17(19)15-5-4-6-16(11-15)22(3,20)21/h4-11,13H,1-3H3,(H,18,19). The molecule has 0 aromatic heterocycles. The number of carbonyl (C=O) groups excluding carboxylic acids is 1. The minimum atomic E-state index is -3.32. The molecule has 0 heterocycles. The lowest BCUT2D eigenvalue weighted by Gasteiger charge is -2.15. The first kappa shape index (κ1) is 16.2. The fourth-order valence-electron chi connectivity index (χ4n) is 2.09. The average molecular weight is 317 g/mol. The van der Waals surface area contributed by atoms with Gasteiger partial charge in [-0.25, -0.2) is 8.42 Å². The molecule has 0 aliphatic rings. The Morgan fingerprint density at radius 2 is 1.73 bits per heavy atom. The van der Waals surface area contributed by atoms with Gasteiger partial charge in [-0.05, 0) is 37.6 Å². The molecule has 0 bridgehead atoms. The molecule has 0 radical (unpaired) electrons. The van der Waals surface area contributed by atoms with Crippen molar-refractivity contribution in [1.82, 2.24) is 5.32 Å². The van der Waals surface area contributed by atoms with E-state index >= 15 is 0 Å². The first-order valence-electron chi connectivity index (χ1n) is 6.95. The van der Waals surface area contributed by atoms with Gasteiger partial charge < -0.3 is 5.32 Å². The lowest BCUT2D eigenvalue weighted by Crippen LogP contribution is -2.26. The van der Waals surface area contributed by atoms with Crippen LogP contribution in [0.25, 0.3) is 0 Å². The Morgan fingerprint density at radius 1 is 1.09 bits per heavy atom. The Hall–Kier alpha value is -2.14. The van der Waals surface area contributed by atoms with Crippen LogP contribution >= 0.6 is 0 Å². The Bertz CT molecular complexity index is 780. The van der Waals surface area contributed by atoms with E-state index < -0.39 is 9.84 Å². The third-order valence-electron chi connectivity index (χ3n) is 3.45. The van der Waals surface area contributed by atoms with Crippen molar-refractivity contribution < 1.29 is 13.2 Å². The summed E-state index contributed by atoms with van der Waals surface area (Å²) in [4.78, 5) is 12.4. The molecule has 2 aromatic rings. The second-order valence-corrected chi connectivity index (χ2v) is 7.42. The maximum Gasteiger partial charge on any atom is 0.251 e. The molecule has 22 heavy (non-hydrogen) atoms. The second kappa shape index (κ2) is 6.32. The summed E-state index contributed by atoms with van der Waals surface area (Å²) in [5.41, 5.74) is 2.49. The van der Waals surface area contributed by atoms with E-state index in [1.807, 2.05) is 38.1 Å². The number of aryl methyl sites for hydroxylation is 1. The van der Waals surface area contributed by atoms with E-state index in [0.717, 1.165) is 17.4 Å². The summed E-state index contributed by atoms with van der Waals surface area (Å²) in [5, 5.41) is 2.88.